The molecule has 0 unspecified atom stereocenters. The molecule has 0 bridgehead atoms. The summed E-state index contributed by atoms with van der Waals surface area (Å²) in [4.78, 5) is 57.8. The van der Waals surface area contributed by atoms with Crippen molar-refractivity contribution < 1.29 is 24.2 Å². The Balaban J connectivity index is 0.000000166. The van der Waals surface area contributed by atoms with E-state index in [1.165, 1.54) is 21.6 Å². The smallest absolute Gasteiger partial charge is 0.306 e. The Kier molecular flexibility index (Phi) is 12.6. The number of carboxylic acids is 1. The van der Waals surface area contributed by atoms with Gasteiger partial charge in [-0.25, -0.2) is 19.9 Å². The van der Waals surface area contributed by atoms with Crippen LogP contribution in [0, 0.1) is 11.8 Å². The average Bonchev–Trinajstić information content (AvgIpc) is 4.08. The van der Waals surface area contributed by atoms with Gasteiger partial charge in [0.1, 0.15) is 45.5 Å². The van der Waals surface area contributed by atoms with E-state index < -0.39 is 5.97 Å². The number of fused-ring (bicyclic) bond motifs is 8. The maximum atomic E-state index is 13.2. The van der Waals surface area contributed by atoms with Crippen LogP contribution in [0.4, 0.5) is 23.0 Å². The van der Waals surface area contributed by atoms with Crippen LogP contribution in [0.3, 0.4) is 0 Å². The molecule has 4 aromatic heterocycles. The van der Waals surface area contributed by atoms with Gasteiger partial charge in [-0.15, -0.1) is 22.7 Å². The van der Waals surface area contributed by atoms with E-state index in [0.29, 0.717) is 25.9 Å². The molecule has 2 aliphatic carbocycles. The minimum Gasteiger partial charge on any atom is -0.489 e. The van der Waals surface area contributed by atoms with Crippen LogP contribution in [0.2, 0.25) is 0 Å². The zero-order valence-electron chi connectivity index (χ0n) is 37.9. The van der Waals surface area contributed by atoms with Crippen molar-refractivity contribution in [1.82, 2.24) is 24.8 Å². The van der Waals surface area contributed by atoms with Crippen LogP contribution in [-0.2, 0) is 48.4 Å². The first kappa shape index (κ1) is 44.2. The molecule has 338 valence electrons. The number of ether oxygens (including phenoxy) is 2. The maximum absolute atomic E-state index is 13.2. The van der Waals surface area contributed by atoms with E-state index in [1.54, 1.807) is 35.3 Å². The van der Waals surface area contributed by atoms with Crippen molar-refractivity contribution in [3.8, 4) is 11.5 Å². The van der Waals surface area contributed by atoms with Crippen molar-refractivity contribution in [2.75, 3.05) is 17.2 Å². The fraction of sp³-hybridized carbons (Fsp3) is 0.429. The highest BCUT2D eigenvalue weighted by Gasteiger charge is 2.33. The Morgan fingerprint density at radius 1 is 0.723 bits per heavy atom. The largest absolute Gasteiger partial charge is 0.489 e. The summed E-state index contributed by atoms with van der Waals surface area (Å²) in [7, 11) is 0. The minimum absolute atomic E-state index is 0.0318. The number of anilines is 4. The van der Waals surface area contributed by atoms with Gasteiger partial charge in [0.05, 0.1) is 53.4 Å². The van der Waals surface area contributed by atoms with Gasteiger partial charge in [0.25, 0.3) is 0 Å². The summed E-state index contributed by atoms with van der Waals surface area (Å²) in [6.07, 6.45) is 11.5. The predicted octanol–water partition coefficient (Wildman–Crippen LogP) is 9.86. The predicted molar refractivity (Wildman–Crippen MR) is 260 cm³/mol. The fourth-order valence-electron chi connectivity index (χ4n) is 9.27. The number of rotatable bonds is 12. The third-order valence-electron chi connectivity index (χ3n) is 12.3. The van der Waals surface area contributed by atoms with E-state index in [4.69, 9.17) is 9.47 Å². The van der Waals surface area contributed by atoms with Gasteiger partial charge in [0.15, 0.2) is 0 Å². The van der Waals surface area contributed by atoms with Crippen LogP contribution >= 0.6 is 22.7 Å². The number of amides is 1. The lowest BCUT2D eigenvalue weighted by molar-refractivity contribution is -0.142. The van der Waals surface area contributed by atoms with Crippen molar-refractivity contribution in [2.45, 2.75) is 118 Å². The Morgan fingerprint density at radius 3 is 1.65 bits per heavy atom. The molecule has 2 atom stereocenters. The number of nitrogens with zero attached hydrogens (tertiary/aromatic N) is 7. The van der Waals surface area contributed by atoms with Gasteiger partial charge >= 0.3 is 5.97 Å². The highest BCUT2D eigenvalue weighted by atomic mass is 32.1. The number of hydrogen-bond donors (Lipinski definition) is 3. The number of thiophene rings is 2. The van der Waals surface area contributed by atoms with Crippen LogP contribution in [0.5, 0.6) is 11.5 Å². The van der Waals surface area contributed by atoms with Gasteiger partial charge in [-0.3, -0.25) is 19.6 Å². The standard InChI is InChI=1S/C27H33N5O2S.C22H22N4O3S/c1-6-32(15(2)3)27(33)17-7-8-20-23(11-17)35-26-24(20)25(29-14-30-26)31-21-9-18-12-28-13-19(18)10-22(21)34-16(4)5;1-11(2)29-17-6-14-9-23-8-13(14)5-16(17)26-20-19-15-4-3-12(22(27)28)7-18(15)30-21(19)25-10-24-20/h9-10,12,14-17H,6-8,11,13H2,1-5H3,(H,29,30,31);5-6,8,10-12H,3-4,7,9H2,1-2H3,(H,27,28)(H,24,25,26)/t17-;12-/m00/s1. The van der Waals surface area contributed by atoms with Crippen LogP contribution < -0.4 is 20.1 Å². The van der Waals surface area contributed by atoms with Gasteiger partial charge in [0.2, 0.25) is 5.91 Å². The molecule has 65 heavy (non-hydrogen) atoms. The second kappa shape index (κ2) is 18.5. The normalized spacial score (nSPS) is 16.9. The molecule has 4 aliphatic rings. The number of nitrogens with one attached hydrogen (secondary N) is 2. The zero-order chi connectivity index (χ0) is 45.5. The molecule has 0 fully saturated rings. The van der Waals surface area contributed by atoms with E-state index in [0.717, 1.165) is 109 Å². The van der Waals surface area contributed by atoms with Crippen LogP contribution in [0.25, 0.3) is 20.4 Å². The lowest BCUT2D eigenvalue weighted by Crippen LogP contribution is -2.42. The topological polar surface area (TPSA) is 176 Å². The summed E-state index contributed by atoms with van der Waals surface area (Å²) in [5.41, 5.74) is 8.68. The van der Waals surface area contributed by atoms with Gasteiger partial charge in [-0.05, 0) is 145 Å². The molecule has 0 saturated carbocycles. The molecular formula is C49H55N9O5S2. The van der Waals surface area contributed by atoms with E-state index in [-0.39, 0.29) is 36.0 Å². The lowest BCUT2D eigenvalue weighted by Gasteiger charge is -2.31. The first-order valence-corrected chi connectivity index (χ1v) is 24.2. The molecule has 16 heteroatoms. The number of hydrogen-bond acceptors (Lipinski definition) is 14. The molecule has 0 saturated heterocycles. The van der Waals surface area contributed by atoms with Crippen LogP contribution in [0.1, 0.15) is 104 Å². The molecule has 10 rings (SSSR count). The maximum Gasteiger partial charge on any atom is 0.306 e. The van der Waals surface area contributed by atoms with Gasteiger partial charge < -0.3 is 30.1 Å². The Bertz CT molecular complexity index is 2870. The number of aryl methyl sites for hydroxylation is 2. The summed E-state index contributed by atoms with van der Waals surface area (Å²) in [6, 6.07) is 8.49. The lowest BCUT2D eigenvalue weighted by atomic mass is 9.86. The summed E-state index contributed by atoms with van der Waals surface area (Å²) in [5.74, 6) is 2.35. The molecule has 0 spiro atoms. The number of aliphatic carboxylic acids is 1. The van der Waals surface area contributed by atoms with Crippen molar-refractivity contribution in [1.29, 1.82) is 0 Å². The SMILES string of the molecule is CC(C)Oc1cc2c(cc1Nc1ncnc3sc4c(c13)CC[C@H](C(=O)O)C4)C=NC2.CCN(C(=O)[C@H]1CCc2c(sc3ncnc(Nc4cc5c(cc4OC(C)C)CN=C5)c23)C1)C(C)C. The Labute approximate surface area is 386 Å². The second-order valence-corrected chi connectivity index (χ2v) is 20.0. The molecule has 14 nitrogen and oxygen atoms in total. The molecule has 2 aliphatic heterocycles. The molecule has 1 amide bonds. The number of carboxylic acid groups (broad SMARTS) is 1. The van der Waals surface area contributed by atoms with Crippen molar-refractivity contribution in [3.05, 3.63) is 80.1 Å². The van der Waals surface area contributed by atoms with E-state index in [2.05, 4.69) is 79.5 Å². The van der Waals surface area contributed by atoms with E-state index in [9.17, 15) is 14.7 Å². The highest BCUT2D eigenvalue weighted by Crippen LogP contribution is 2.44. The number of benzene rings is 2. The molecule has 2 aromatic carbocycles. The van der Waals surface area contributed by atoms with E-state index in [1.807, 2.05) is 51.1 Å². The summed E-state index contributed by atoms with van der Waals surface area (Å²) in [6.45, 7) is 16.4. The third kappa shape index (κ3) is 9.02. The van der Waals surface area contributed by atoms with Crippen molar-refractivity contribution in [2.24, 2.45) is 21.8 Å². The monoisotopic (exact) mass is 913 g/mol. The van der Waals surface area contributed by atoms with Gasteiger partial charge in [0, 0.05) is 40.7 Å². The van der Waals surface area contributed by atoms with Gasteiger partial charge in [-0.2, -0.15) is 0 Å². The van der Waals surface area contributed by atoms with Crippen molar-refractivity contribution >= 4 is 90.4 Å². The second-order valence-electron chi connectivity index (χ2n) is 17.9. The molecule has 6 aromatic rings. The number of aromatic nitrogens is 4. The fourth-order valence-corrected chi connectivity index (χ4v) is 11.8. The number of carbonyl (C=O) groups excluding carboxylic acids is 1. The van der Waals surface area contributed by atoms with E-state index >= 15 is 0 Å². The minimum atomic E-state index is -0.724. The first-order chi connectivity index (χ1) is 31.3. The third-order valence-corrected chi connectivity index (χ3v) is 14.7. The van der Waals surface area contributed by atoms with Crippen LogP contribution in [0.15, 0.2) is 46.9 Å². The summed E-state index contributed by atoms with van der Waals surface area (Å²) < 4.78 is 12.2. The average molecular weight is 914 g/mol. The summed E-state index contributed by atoms with van der Waals surface area (Å²) in [5, 5.41) is 18.5. The molecule has 3 N–H and O–H groups in total. The zero-order valence-corrected chi connectivity index (χ0v) is 39.5. The van der Waals surface area contributed by atoms with Crippen molar-refractivity contribution in [3.63, 3.8) is 0 Å². The molecular weight excluding hydrogens is 859 g/mol. The quantitative estimate of drug-likeness (QED) is 0.107. The number of aliphatic imine (C=N–C) groups is 2. The Morgan fingerprint density at radius 2 is 1.20 bits per heavy atom. The molecule has 6 heterocycles. The number of carbonyl (C=O) groups is 2. The summed E-state index contributed by atoms with van der Waals surface area (Å²) >= 11 is 3.27. The van der Waals surface area contributed by atoms with Crippen LogP contribution in [-0.4, -0.2) is 79.0 Å². The highest BCUT2D eigenvalue weighted by molar-refractivity contribution is 7.19. The Hall–Kier alpha value is -6.00. The first-order valence-electron chi connectivity index (χ1n) is 22.6. The molecule has 0 radical (unpaired) electrons. The van der Waals surface area contributed by atoms with Gasteiger partial charge in [-0.1, -0.05) is 0 Å².